The van der Waals surface area contributed by atoms with Crippen LogP contribution in [0.5, 0.6) is 0 Å². The summed E-state index contributed by atoms with van der Waals surface area (Å²) in [5, 5.41) is 0.728. The van der Waals surface area contributed by atoms with Crippen molar-refractivity contribution >= 4 is 59.4 Å². The summed E-state index contributed by atoms with van der Waals surface area (Å²) < 4.78 is 1.07. The first kappa shape index (κ1) is 10.0. The van der Waals surface area contributed by atoms with Gasteiger partial charge in [-0.2, -0.15) is 0 Å². The van der Waals surface area contributed by atoms with Crippen molar-refractivity contribution in [2.45, 2.75) is 3.74 Å². The van der Waals surface area contributed by atoms with Crippen LogP contribution in [0.15, 0.2) is 22.7 Å². The van der Waals surface area contributed by atoms with Gasteiger partial charge in [0.25, 0.3) is 0 Å². The number of alkyl halides is 2. The number of benzene rings is 1. The average molecular weight is 363 g/mol. The second kappa shape index (κ2) is 4.26. The summed E-state index contributed by atoms with van der Waals surface area (Å²) in [6.45, 7) is 0. The Morgan fingerprint density at radius 3 is 2.36 bits per heavy atom. The molecule has 0 aliphatic rings. The van der Waals surface area contributed by atoms with Gasteiger partial charge in [-0.15, -0.1) is 0 Å². The van der Waals surface area contributed by atoms with Gasteiger partial charge in [0.2, 0.25) is 0 Å². The van der Waals surface area contributed by atoms with E-state index in [1.807, 2.05) is 18.2 Å². The molecular weight excluding hydrogens is 359 g/mol. The van der Waals surface area contributed by atoms with E-state index in [4.69, 9.17) is 11.6 Å². The molecule has 1 rings (SSSR count). The van der Waals surface area contributed by atoms with Crippen LogP contribution in [0.3, 0.4) is 0 Å². The molecule has 0 saturated carbocycles. The lowest BCUT2D eigenvalue weighted by Gasteiger charge is -2.05. The molecular formula is C7H4Br3Cl. The van der Waals surface area contributed by atoms with Crippen molar-refractivity contribution in [3.63, 3.8) is 0 Å². The minimum absolute atomic E-state index is 0.142. The van der Waals surface area contributed by atoms with Crippen LogP contribution in [-0.4, -0.2) is 0 Å². The fourth-order valence-electron chi connectivity index (χ4n) is 0.689. The van der Waals surface area contributed by atoms with Crippen LogP contribution >= 0.6 is 59.4 Å². The molecule has 0 saturated heterocycles. The van der Waals surface area contributed by atoms with Crippen LogP contribution in [0, 0.1) is 0 Å². The van der Waals surface area contributed by atoms with Crippen molar-refractivity contribution in [3.05, 3.63) is 33.3 Å². The fraction of sp³-hybridized carbons (Fsp3) is 0.143. The van der Waals surface area contributed by atoms with Crippen molar-refractivity contribution in [3.8, 4) is 0 Å². The highest BCUT2D eigenvalue weighted by Gasteiger charge is 2.08. The van der Waals surface area contributed by atoms with Gasteiger partial charge >= 0.3 is 0 Å². The predicted octanol–water partition coefficient (Wildman–Crippen LogP) is 4.89. The van der Waals surface area contributed by atoms with Gasteiger partial charge in [0.1, 0.15) is 0 Å². The Morgan fingerprint density at radius 1 is 1.27 bits per heavy atom. The first-order valence-corrected chi connectivity index (χ1v) is 5.85. The second-order valence-electron chi connectivity index (χ2n) is 1.94. The molecule has 0 aliphatic heterocycles. The Kier molecular flexibility index (Phi) is 3.89. The van der Waals surface area contributed by atoms with Crippen molar-refractivity contribution < 1.29 is 0 Å². The first-order chi connectivity index (χ1) is 5.13. The summed E-state index contributed by atoms with van der Waals surface area (Å²) in [6.07, 6.45) is 0. The molecule has 0 spiro atoms. The van der Waals surface area contributed by atoms with Gasteiger partial charge in [-0.05, 0) is 27.6 Å². The first-order valence-electron chi connectivity index (χ1n) is 2.85. The van der Waals surface area contributed by atoms with Gasteiger partial charge in [-0.3, -0.25) is 0 Å². The molecule has 0 aliphatic carbocycles. The normalized spacial score (nSPS) is 10.6. The molecule has 0 N–H and O–H groups in total. The lowest BCUT2D eigenvalue weighted by Crippen LogP contribution is -1.82. The Morgan fingerprint density at radius 2 is 1.91 bits per heavy atom. The monoisotopic (exact) mass is 360 g/mol. The fourth-order valence-corrected chi connectivity index (χ4v) is 2.74. The van der Waals surface area contributed by atoms with Crippen molar-refractivity contribution in [2.24, 2.45) is 0 Å². The predicted molar refractivity (Wildman–Crippen MR) is 59.7 cm³/mol. The average Bonchev–Trinajstić information content (AvgIpc) is 1.94. The van der Waals surface area contributed by atoms with E-state index in [1.165, 1.54) is 0 Å². The zero-order valence-corrected chi connectivity index (χ0v) is 10.8. The van der Waals surface area contributed by atoms with Crippen molar-refractivity contribution in [1.29, 1.82) is 0 Å². The summed E-state index contributed by atoms with van der Waals surface area (Å²) in [7, 11) is 0. The quantitative estimate of drug-likeness (QED) is 0.623. The molecule has 60 valence electrons. The van der Waals surface area contributed by atoms with Crippen LogP contribution < -0.4 is 0 Å². The van der Waals surface area contributed by atoms with E-state index in [-0.39, 0.29) is 3.74 Å². The molecule has 0 heterocycles. The number of hydrogen-bond donors (Lipinski definition) is 0. The molecule has 0 atom stereocenters. The molecule has 0 nitrogen and oxygen atoms in total. The Bertz CT molecular complexity index is 260. The molecule has 0 fully saturated rings. The molecule has 4 heteroatoms. The van der Waals surface area contributed by atoms with E-state index in [0.29, 0.717) is 0 Å². The zero-order valence-electron chi connectivity index (χ0n) is 5.32. The van der Waals surface area contributed by atoms with E-state index >= 15 is 0 Å². The van der Waals surface area contributed by atoms with E-state index < -0.39 is 0 Å². The maximum absolute atomic E-state index is 5.87. The van der Waals surface area contributed by atoms with E-state index in [0.717, 1.165) is 15.1 Å². The van der Waals surface area contributed by atoms with Crippen molar-refractivity contribution in [2.75, 3.05) is 0 Å². The lowest BCUT2D eigenvalue weighted by molar-refractivity contribution is 1.39. The van der Waals surface area contributed by atoms with Crippen LogP contribution in [0.25, 0.3) is 0 Å². The van der Waals surface area contributed by atoms with E-state index in [2.05, 4.69) is 47.8 Å². The van der Waals surface area contributed by atoms with Gasteiger partial charge in [0, 0.05) is 4.47 Å². The lowest BCUT2D eigenvalue weighted by atomic mass is 10.2. The number of rotatable bonds is 1. The third-order valence-corrected chi connectivity index (χ3v) is 3.63. The summed E-state index contributed by atoms with van der Waals surface area (Å²) in [5.74, 6) is 0. The zero-order chi connectivity index (χ0) is 8.43. The molecule has 0 radical (unpaired) electrons. The van der Waals surface area contributed by atoms with Gasteiger partial charge < -0.3 is 0 Å². The molecule has 11 heavy (non-hydrogen) atoms. The molecule has 0 amide bonds. The number of halogens is 4. The standard InChI is InChI=1S/C7H4Br3Cl/c8-6-4(7(9)10)2-1-3-5(6)11/h1-3,7H. The molecule has 0 unspecified atom stereocenters. The van der Waals surface area contributed by atoms with Crippen LogP contribution in [-0.2, 0) is 0 Å². The highest BCUT2D eigenvalue weighted by molar-refractivity contribution is 9.24. The summed E-state index contributed by atoms with van der Waals surface area (Å²) in [4.78, 5) is 0. The smallest absolute Gasteiger partial charge is 0.0831 e. The summed E-state index contributed by atoms with van der Waals surface area (Å²) in [6, 6.07) is 5.75. The minimum atomic E-state index is 0.142. The molecule has 1 aromatic rings. The maximum atomic E-state index is 5.87. The van der Waals surface area contributed by atoms with Crippen LogP contribution in [0.2, 0.25) is 5.02 Å². The SMILES string of the molecule is Clc1cccc(C(Br)Br)c1Br. The maximum Gasteiger partial charge on any atom is 0.0957 e. The minimum Gasteiger partial charge on any atom is -0.0831 e. The Labute approximate surface area is 95.7 Å². The van der Waals surface area contributed by atoms with E-state index in [1.54, 1.807) is 0 Å². The Balaban J connectivity index is 3.17. The van der Waals surface area contributed by atoms with Gasteiger partial charge in [0.05, 0.1) is 8.76 Å². The van der Waals surface area contributed by atoms with Gasteiger partial charge in [-0.25, -0.2) is 0 Å². The third kappa shape index (κ3) is 2.44. The highest BCUT2D eigenvalue weighted by atomic mass is 79.9. The summed E-state index contributed by atoms with van der Waals surface area (Å²) in [5.41, 5.74) is 1.09. The third-order valence-electron chi connectivity index (χ3n) is 1.22. The Hall–Kier alpha value is 0.950. The second-order valence-corrected chi connectivity index (χ2v) is 6.20. The molecule has 1 aromatic carbocycles. The number of hydrogen-bond acceptors (Lipinski definition) is 0. The molecule has 0 bridgehead atoms. The topological polar surface area (TPSA) is 0 Å². The van der Waals surface area contributed by atoms with Gasteiger partial charge in [0.15, 0.2) is 0 Å². The largest absolute Gasteiger partial charge is 0.0957 e. The van der Waals surface area contributed by atoms with Gasteiger partial charge in [-0.1, -0.05) is 55.6 Å². The van der Waals surface area contributed by atoms with E-state index in [9.17, 15) is 0 Å². The molecule has 0 aromatic heterocycles. The van der Waals surface area contributed by atoms with Crippen LogP contribution in [0.1, 0.15) is 9.30 Å². The highest BCUT2D eigenvalue weighted by Crippen LogP contribution is 2.37. The summed E-state index contributed by atoms with van der Waals surface area (Å²) >= 11 is 16.0. The van der Waals surface area contributed by atoms with Crippen molar-refractivity contribution in [1.82, 2.24) is 0 Å². The van der Waals surface area contributed by atoms with Crippen LogP contribution in [0.4, 0.5) is 0 Å².